The second kappa shape index (κ2) is 11.1. The van der Waals surface area contributed by atoms with E-state index >= 15 is 0 Å². The van der Waals surface area contributed by atoms with Crippen molar-refractivity contribution in [3.63, 3.8) is 0 Å². The first-order valence-corrected chi connectivity index (χ1v) is 10.1. The molecule has 1 aromatic rings. The Morgan fingerprint density at radius 2 is 1.93 bits per heavy atom. The van der Waals surface area contributed by atoms with Crippen molar-refractivity contribution in [1.29, 1.82) is 0 Å². The number of ether oxygens (including phenoxy) is 1. The lowest BCUT2D eigenvalue weighted by molar-refractivity contribution is -0.140. The zero-order chi connectivity index (χ0) is 22.1. The molecule has 1 fully saturated rings. The smallest absolute Gasteiger partial charge is 0.405 e. The summed E-state index contributed by atoms with van der Waals surface area (Å²) in [5.74, 6) is -0.306. The number of nitrogens with one attached hydrogen (secondary N) is 2. The van der Waals surface area contributed by atoms with E-state index in [1.165, 1.54) is 4.90 Å². The number of likely N-dealkylation sites (N-methyl/N-ethyl adjacent to an activating group) is 1. The monoisotopic (exact) mass is 430 g/mol. The van der Waals surface area contributed by atoms with Gasteiger partial charge in [0, 0.05) is 13.1 Å². The molecular formula is C20H29F3N4O3. The number of likely N-dealkylation sites (tertiary alicyclic amines) is 1. The van der Waals surface area contributed by atoms with Crippen molar-refractivity contribution in [2.45, 2.75) is 38.9 Å². The molecule has 0 aliphatic carbocycles. The summed E-state index contributed by atoms with van der Waals surface area (Å²) in [5, 5.41) is 4.58. The molecule has 1 unspecified atom stereocenters. The molecule has 0 bridgehead atoms. The van der Waals surface area contributed by atoms with Crippen molar-refractivity contribution >= 4 is 17.6 Å². The number of urea groups is 1. The van der Waals surface area contributed by atoms with E-state index in [1.54, 1.807) is 24.3 Å². The van der Waals surface area contributed by atoms with Crippen LogP contribution >= 0.6 is 0 Å². The van der Waals surface area contributed by atoms with Crippen LogP contribution in [0.5, 0.6) is 5.75 Å². The Hall–Kier alpha value is -2.49. The molecule has 2 rings (SSSR count). The third-order valence-corrected chi connectivity index (χ3v) is 4.97. The average Bonchev–Trinajstić information content (AvgIpc) is 3.20. The lowest BCUT2D eigenvalue weighted by Gasteiger charge is -2.25. The second-order valence-electron chi connectivity index (χ2n) is 6.99. The van der Waals surface area contributed by atoms with E-state index in [-0.39, 0.29) is 0 Å². The van der Waals surface area contributed by atoms with E-state index in [0.29, 0.717) is 37.4 Å². The van der Waals surface area contributed by atoms with Gasteiger partial charge < -0.3 is 25.2 Å². The normalized spacial score (nSPS) is 16.6. The Labute approximate surface area is 174 Å². The predicted octanol–water partition coefficient (Wildman–Crippen LogP) is 3.08. The molecule has 1 saturated heterocycles. The number of para-hydroxylation sites is 2. The first-order chi connectivity index (χ1) is 14.2. The molecule has 1 aliphatic rings. The summed E-state index contributed by atoms with van der Waals surface area (Å²) >= 11 is 0. The van der Waals surface area contributed by atoms with Crippen LogP contribution in [-0.2, 0) is 4.79 Å². The molecule has 0 radical (unpaired) electrons. The van der Waals surface area contributed by atoms with Crippen molar-refractivity contribution in [1.82, 2.24) is 15.1 Å². The zero-order valence-electron chi connectivity index (χ0n) is 17.3. The van der Waals surface area contributed by atoms with Gasteiger partial charge in [0.15, 0.2) is 0 Å². The first kappa shape index (κ1) is 23.8. The van der Waals surface area contributed by atoms with E-state index < -0.39 is 30.7 Å². The van der Waals surface area contributed by atoms with Crippen LogP contribution in [0, 0.1) is 0 Å². The van der Waals surface area contributed by atoms with Crippen LogP contribution in [0.1, 0.15) is 26.7 Å². The van der Waals surface area contributed by atoms with Crippen LogP contribution in [0.2, 0.25) is 0 Å². The fraction of sp³-hybridized carbons (Fsp3) is 0.600. The van der Waals surface area contributed by atoms with Crippen LogP contribution in [-0.4, -0.2) is 73.3 Å². The van der Waals surface area contributed by atoms with Gasteiger partial charge >= 0.3 is 12.2 Å². The number of carbonyl (C=O) groups is 2. The van der Waals surface area contributed by atoms with Gasteiger partial charge in [0.25, 0.3) is 0 Å². The third-order valence-electron chi connectivity index (χ3n) is 4.97. The highest BCUT2D eigenvalue weighted by atomic mass is 19.4. The summed E-state index contributed by atoms with van der Waals surface area (Å²) in [5.41, 5.74) is 0.448. The largest absolute Gasteiger partial charge is 0.490 e. The molecule has 3 amide bonds. The molecule has 10 heteroatoms. The highest BCUT2D eigenvalue weighted by molar-refractivity contribution is 5.95. The van der Waals surface area contributed by atoms with E-state index in [2.05, 4.69) is 24.1 Å². The van der Waals surface area contributed by atoms with Gasteiger partial charge in [0.05, 0.1) is 5.69 Å². The fourth-order valence-corrected chi connectivity index (χ4v) is 3.29. The van der Waals surface area contributed by atoms with Crippen molar-refractivity contribution in [2.75, 3.05) is 44.6 Å². The zero-order valence-corrected chi connectivity index (χ0v) is 17.3. The van der Waals surface area contributed by atoms with Crippen LogP contribution in [0.25, 0.3) is 0 Å². The molecule has 1 heterocycles. The van der Waals surface area contributed by atoms with E-state index in [1.807, 2.05) is 5.32 Å². The maximum atomic E-state index is 12.7. The Morgan fingerprint density at radius 1 is 1.23 bits per heavy atom. The van der Waals surface area contributed by atoms with Gasteiger partial charge in [-0.05, 0) is 38.1 Å². The van der Waals surface area contributed by atoms with Crippen molar-refractivity contribution in [3.05, 3.63) is 24.3 Å². The molecule has 0 spiro atoms. The number of halogens is 3. The van der Waals surface area contributed by atoms with Crippen LogP contribution in [0.15, 0.2) is 24.3 Å². The topological polar surface area (TPSA) is 73.9 Å². The molecule has 1 atom stereocenters. The number of hydrogen-bond donors (Lipinski definition) is 2. The van der Waals surface area contributed by atoms with Gasteiger partial charge in [0.2, 0.25) is 5.91 Å². The van der Waals surface area contributed by atoms with Gasteiger partial charge in [-0.2, -0.15) is 13.2 Å². The molecule has 0 aromatic heterocycles. The highest BCUT2D eigenvalue weighted by Crippen LogP contribution is 2.26. The molecule has 0 saturated carbocycles. The summed E-state index contributed by atoms with van der Waals surface area (Å²) < 4.78 is 42.9. The van der Waals surface area contributed by atoms with Gasteiger partial charge in [-0.15, -0.1) is 0 Å². The van der Waals surface area contributed by atoms with E-state index in [9.17, 15) is 22.8 Å². The minimum absolute atomic E-state index is 0.293. The number of rotatable bonds is 9. The van der Waals surface area contributed by atoms with Gasteiger partial charge in [-0.1, -0.05) is 26.0 Å². The number of anilines is 1. The van der Waals surface area contributed by atoms with Crippen LogP contribution < -0.4 is 15.4 Å². The molecule has 2 N–H and O–H groups in total. The standard InChI is InChI=1S/C20H29F3N4O3/c1-3-26(4-2)12-13-30-17-10-6-5-8-15(17)25-19(29)27-11-7-9-16(27)18(28)24-14-20(21,22)23/h5-6,8,10,16H,3-4,7,9,11-14H2,1-2H3,(H,24,28)(H,25,29). The Kier molecular flexibility index (Phi) is 8.76. The molecular weight excluding hydrogens is 401 g/mol. The average molecular weight is 430 g/mol. The number of benzene rings is 1. The second-order valence-corrected chi connectivity index (χ2v) is 6.99. The quantitative estimate of drug-likeness (QED) is 0.632. The Bertz CT molecular complexity index is 711. The molecule has 7 nitrogen and oxygen atoms in total. The van der Waals surface area contributed by atoms with Gasteiger partial charge in [-0.25, -0.2) is 4.79 Å². The third kappa shape index (κ3) is 7.08. The summed E-state index contributed by atoms with van der Waals surface area (Å²) in [6, 6.07) is 5.47. The number of nitrogens with zero attached hydrogens (tertiary/aromatic N) is 2. The fourth-order valence-electron chi connectivity index (χ4n) is 3.29. The molecule has 1 aliphatic heterocycles. The molecule has 1 aromatic carbocycles. The number of amides is 3. The molecule has 168 valence electrons. The summed E-state index contributed by atoms with van der Waals surface area (Å²) in [7, 11) is 0. The van der Waals surface area contributed by atoms with E-state index in [4.69, 9.17) is 4.74 Å². The maximum Gasteiger partial charge on any atom is 0.405 e. The summed E-state index contributed by atoms with van der Waals surface area (Å²) in [6.07, 6.45) is -3.64. The summed E-state index contributed by atoms with van der Waals surface area (Å²) in [6.45, 7) is 6.01. The van der Waals surface area contributed by atoms with Crippen LogP contribution in [0.3, 0.4) is 0 Å². The SMILES string of the molecule is CCN(CC)CCOc1ccccc1NC(=O)N1CCCC1C(=O)NCC(F)(F)F. The maximum absolute atomic E-state index is 12.7. The van der Waals surface area contributed by atoms with Gasteiger partial charge in [-0.3, -0.25) is 4.79 Å². The number of alkyl halides is 3. The van der Waals surface area contributed by atoms with Crippen molar-refractivity contribution < 1.29 is 27.5 Å². The first-order valence-electron chi connectivity index (χ1n) is 10.1. The Morgan fingerprint density at radius 3 is 2.60 bits per heavy atom. The lowest BCUT2D eigenvalue weighted by atomic mass is 10.2. The number of carbonyl (C=O) groups excluding carboxylic acids is 2. The Balaban J connectivity index is 1.97. The van der Waals surface area contributed by atoms with Crippen LogP contribution in [0.4, 0.5) is 23.7 Å². The van der Waals surface area contributed by atoms with E-state index in [0.717, 1.165) is 19.6 Å². The predicted molar refractivity (Wildman–Crippen MR) is 108 cm³/mol. The van der Waals surface area contributed by atoms with Gasteiger partial charge in [0.1, 0.15) is 24.9 Å². The molecule has 30 heavy (non-hydrogen) atoms. The highest BCUT2D eigenvalue weighted by Gasteiger charge is 2.36. The minimum Gasteiger partial charge on any atom is -0.490 e. The van der Waals surface area contributed by atoms with Crippen molar-refractivity contribution in [3.8, 4) is 5.75 Å². The number of hydrogen-bond acceptors (Lipinski definition) is 4. The minimum atomic E-state index is -4.50. The lowest BCUT2D eigenvalue weighted by Crippen LogP contribution is -2.49. The summed E-state index contributed by atoms with van der Waals surface area (Å²) in [4.78, 5) is 28.3. The van der Waals surface area contributed by atoms with Crippen molar-refractivity contribution in [2.24, 2.45) is 0 Å².